The van der Waals surface area contributed by atoms with Gasteiger partial charge in [0.2, 0.25) is 0 Å². The number of hydrogen-bond acceptors (Lipinski definition) is 2. The molecule has 2 nitrogen and oxygen atoms in total. The fraction of sp³-hybridized carbons (Fsp3) is 0.833. The fourth-order valence-electron chi connectivity index (χ4n) is 0.541. The summed E-state index contributed by atoms with van der Waals surface area (Å²) in [6.07, 6.45) is 3.28. The summed E-state index contributed by atoms with van der Waals surface area (Å²) < 4.78 is 6.23. The molecule has 54 valence electrons. The van der Waals surface area contributed by atoms with Crippen LogP contribution in [0.5, 0.6) is 0 Å². The molecule has 0 aromatic rings. The van der Waals surface area contributed by atoms with Gasteiger partial charge in [-0.2, -0.15) is 0 Å². The molecule has 0 saturated heterocycles. The third-order valence-electron chi connectivity index (χ3n) is 1.01. The fourth-order valence-corrected chi connectivity index (χ4v) is 0.937. The van der Waals surface area contributed by atoms with E-state index in [0.717, 1.165) is 24.6 Å². The van der Waals surface area contributed by atoms with Crippen molar-refractivity contribution in [2.24, 2.45) is 0 Å². The molecule has 0 rings (SSSR count). The van der Waals surface area contributed by atoms with Crippen molar-refractivity contribution in [2.75, 3.05) is 5.33 Å². The highest BCUT2D eigenvalue weighted by atomic mass is 79.9. The van der Waals surface area contributed by atoms with Crippen molar-refractivity contribution in [2.45, 2.75) is 25.7 Å². The summed E-state index contributed by atoms with van der Waals surface area (Å²) in [7, 11) is 0. The highest BCUT2D eigenvalue weighted by molar-refractivity contribution is 9.09. The van der Waals surface area contributed by atoms with Crippen LogP contribution >= 0.6 is 15.9 Å². The van der Waals surface area contributed by atoms with Crippen molar-refractivity contribution in [3.8, 4) is 0 Å². The van der Waals surface area contributed by atoms with E-state index in [9.17, 15) is 4.79 Å². The quantitative estimate of drug-likeness (QED) is 0.539. The van der Waals surface area contributed by atoms with E-state index in [-0.39, 0.29) is 0 Å². The summed E-state index contributed by atoms with van der Waals surface area (Å²) in [5, 5.41) is 4.70. The number of hydrogen-bond donors (Lipinski definition) is 1. The second-order valence-corrected chi connectivity index (χ2v) is 2.66. The Labute approximate surface area is 64.9 Å². The number of carboxylic acids is 1. The molecule has 0 radical (unpaired) electrons. The van der Waals surface area contributed by atoms with Gasteiger partial charge < -0.3 is 5.11 Å². The average molecular weight is 196 g/mol. The number of alkyl halides is 1. The molecule has 0 aliphatic rings. The summed E-state index contributed by atoms with van der Waals surface area (Å²) in [5.74, 6) is -0.436. The van der Waals surface area contributed by atoms with E-state index < -0.39 is 5.97 Å². The van der Waals surface area contributed by atoms with Crippen LogP contribution in [0, 0.1) is 0 Å². The Hall–Kier alpha value is -0.0500. The summed E-state index contributed by atoms with van der Waals surface area (Å²) in [5.41, 5.74) is 0. The molecule has 0 unspecified atom stereocenters. The summed E-state index contributed by atoms with van der Waals surface area (Å²) in [6.45, 7) is 0. The maximum atomic E-state index is 10.4. The molecule has 0 amide bonds. The molecule has 0 aliphatic heterocycles. The van der Waals surface area contributed by atoms with Gasteiger partial charge in [-0.25, -0.2) is 0 Å². The molecular formula is C6H11BrO2. The standard InChI is InChI=1S/C6H11BrO2/c7-5-3-1-2-4-6(8)9/h1-5H2,(H,8,9)/i/hD. The van der Waals surface area contributed by atoms with Gasteiger partial charge in [0.05, 0.1) is 0 Å². The van der Waals surface area contributed by atoms with Crippen molar-refractivity contribution >= 4 is 21.9 Å². The minimum atomic E-state index is -0.436. The Kier molecular flexibility index (Phi) is 4.77. The highest BCUT2D eigenvalue weighted by Gasteiger charge is 1.94. The molecule has 0 bridgehead atoms. The van der Waals surface area contributed by atoms with Gasteiger partial charge in [0.25, 0.3) is 1.43 Å². The van der Waals surface area contributed by atoms with Crippen LogP contribution in [-0.4, -0.2) is 16.4 Å². The summed E-state index contributed by atoms with van der Waals surface area (Å²) in [4.78, 5) is 10.4. The molecule has 0 aliphatic carbocycles. The Balaban J connectivity index is 2.96. The van der Waals surface area contributed by atoms with Gasteiger partial charge in [-0.05, 0) is 12.8 Å². The van der Waals surface area contributed by atoms with E-state index in [1.54, 1.807) is 0 Å². The van der Waals surface area contributed by atoms with Crippen LogP contribution in [0.15, 0.2) is 0 Å². The van der Waals surface area contributed by atoms with Gasteiger partial charge in [0, 0.05) is 11.8 Å². The predicted octanol–water partition coefficient (Wildman–Crippen LogP) is 2.03. The van der Waals surface area contributed by atoms with E-state index in [1.165, 1.54) is 0 Å². The van der Waals surface area contributed by atoms with E-state index in [4.69, 9.17) is 1.43 Å². The SMILES string of the molecule is [2H]OC(=O)CCCCCBr. The van der Waals surface area contributed by atoms with Crippen LogP contribution in [0.3, 0.4) is 0 Å². The lowest BCUT2D eigenvalue weighted by Crippen LogP contribution is -1.93. The minimum Gasteiger partial charge on any atom is -0.481 e. The van der Waals surface area contributed by atoms with Gasteiger partial charge in [-0.1, -0.05) is 22.4 Å². The number of unbranched alkanes of at least 4 members (excludes halogenated alkanes) is 2. The molecular weight excluding hydrogens is 184 g/mol. The normalized spacial score (nSPS) is 10.6. The molecule has 9 heavy (non-hydrogen) atoms. The lowest BCUT2D eigenvalue weighted by Gasteiger charge is -1.92. The van der Waals surface area contributed by atoms with E-state index >= 15 is 0 Å². The van der Waals surface area contributed by atoms with Gasteiger partial charge in [0.15, 0.2) is 0 Å². The second kappa shape index (κ2) is 6.08. The van der Waals surface area contributed by atoms with Crippen LogP contribution in [-0.2, 0) is 4.79 Å². The smallest absolute Gasteiger partial charge is 0.303 e. The van der Waals surface area contributed by atoms with Crippen LogP contribution < -0.4 is 0 Å². The Morgan fingerprint density at radius 3 is 2.89 bits per heavy atom. The van der Waals surface area contributed by atoms with Crippen molar-refractivity contribution in [3.05, 3.63) is 0 Å². The van der Waals surface area contributed by atoms with E-state index in [0.29, 0.717) is 6.42 Å². The topological polar surface area (TPSA) is 37.3 Å². The molecule has 1 N–H and O–H groups in total. The number of carbonyl (C=O) groups is 1. The van der Waals surface area contributed by atoms with Crippen LogP contribution in [0.2, 0.25) is 0 Å². The van der Waals surface area contributed by atoms with E-state index in [2.05, 4.69) is 21.0 Å². The van der Waals surface area contributed by atoms with Crippen molar-refractivity contribution in [1.29, 1.82) is 1.43 Å². The third-order valence-corrected chi connectivity index (χ3v) is 1.58. The maximum Gasteiger partial charge on any atom is 0.303 e. The highest BCUT2D eigenvalue weighted by Crippen LogP contribution is 2.01. The Bertz CT molecular complexity index is 97.7. The average Bonchev–Trinajstić information content (AvgIpc) is 1.98. The lowest BCUT2D eigenvalue weighted by molar-refractivity contribution is -0.137. The number of rotatable bonds is 5. The van der Waals surface area contributed by atoms with Gasteiger partial charge in [-0.3, -0.25) is 4.79 Å². The first-order chi connectivity index (χ1) is 4.81. The monoisotopic (exact) mass is 195 g/mol. The largest absolute Gasteiger partial charge is 0.481 e. The molecule has 0 fully saturated rings. The second-order valence-electron chi connectivity index (χ2n) is 1.87. The zero-order valence-corrected chi connectivity index (χ0v) is 6.82. The van der Waals surface area contributed by atoms with Crippen LogP contribution in [0.25, 0.3) is 1.43 Å². The molecule has 3 heteroatoms. The summed E-state index contributed by atoms with van der Waals surface area (Å²) in [6, 6.07) is 0. The first kappa shape index (κ1) is 7.06. The lowest BCUT2D eigenvalue weighted by atomic mass is 10.2. The van der Waals surface area contributed by atoms with Crippen LogP contribution in [0.4, 0.5) is 0 Å². The van der Waals surface area contributed by atoms with Gasteiger partial charge in [0.1, 0.15) is 0 Å². The van der Waals surface area contributed by atoms with Crippen molar-refractivity contribution < 1.29 is 9.90 Å². The number of carboxylic acid groups (broad SMARTS) is 1. The van der Waals surface area contributed by atoms with Gasteiger partial charge in [-0.15, -0.1) is 0 Å². The number of halogens is 1. The Morgan fingerprint density at radius 2 is 2.33 bits per heavy atom. The molecule has 0 aromatic carbocycles. The molecule has 0 atom stereocenters. The van der Waals surface area contributed by atoms with E-state index in [1.807, 2.05) is 0 Å². The third kappa shape index (κ3) is 7.95. The first-order valence-electron chi connectivity index (χ1n) is 3.44. The molecule has 0 spiro atoms. The van der Waals surface area contributed by atoms with Crippen molar-refractivity contribution in [3.63, 3.8) is 0 Å². The van der Waals surface area contributed by atoms with Crippen LogP contribution in [0.1, 0.15) is 25.7 Å². The zero-order valence-electron chi connectivity index (χ0n) is 6.23. The molecule has 0 saturated carbocycles. The summed E-state index contributed by atoms with van der Waals surface area (Å²) >= 11 is 3.28. The molecule has 0 heterocycles. The van der Waals surface area contributed by atoms with Gasteiger partial charge >= 0.3 is 5.97 Å². The molecule has 0 aromatic heterocycles. The predicted molar refractivity (Wildman–Crippen MR) is 39.9 cm³/mol. The first-order valence-corrected chi connectivity index (χ1v) is 4.15. The minimum absolute atomic E-state index is 0.372. The van der Waals surface area contributed by atoms with Crippen molar-refractivity contribution in [1.82, 2.24) is 0 Å². The maximum absolute atomic E-state index is 10.4. The number of aliphatic carboxylic acids is 1. The Morgan fingerprint density at radius 1 is 1.56 bits per heavy atom. The zero-order chi connectivity index (χ0) is 7.82.